The molecule has 0 atom stereocenters. The van der Waals surface area contributed by atoms with Gasteiger partial charge in [-0.3, -0.25) is 4.79 Å². The first kappa shape index (κ1) is 15.9. The third-order valence-corrected chi connectivity index (χ3v) is 5.18. The Morgan fingerprint density at radius 3 is 2.52 bits per heavy atom. The molecule has 1 heterocycles. The van der Waals surface area contributed by atoms with Crippen LogP contribution in [-0.4, -0.2) is 17.4 Å². The second-order valence-corrected chi connectivity index (χ2v) is 6.71. The summed E-state index contributed by atoms with van der Waals surface area (Å²) in [6.45, 7) is 0.666. The predicted octanol–water partition coefficient (Wildman–Crippen LogP) is 4.38. The quantitative estimate of drug-likeness (QED) is 0.819. The fourth-order valence-electron chi connectivity index (χ4n) is 3.53. The lowest BCUT2D eigenvalue weighted by molar-refractivity contribution is 0.0936. The number of hydrogen-bond donors (Lipinski definition) is 2. The summed E-state index contributed by atoms with van der Waals surface area (Å²) in [5.41, 5.74) is 1.93. The molecular formula is C19H22N2OS. The van der Waals surface area contributed by atoms with Crippen molar-refractivity contribution in [2.45, 2.75) is 37.5 Å². The number of aromatic amines is 1. The van der Waals surface area contributed by atoms with E-state index in [1.165, 1.54) is 24.8 Å². The fourth-order valence-corrected chi connectivity index (χ4v) is 3.76. The minimum Gasteiger partial charge on any atom is -0.352 e. The zero-order chi connectivity index (χ0) is 16.1. The number of H-pyrrole nitrogens is 1. The van der Waals surface area contributed by atoms with Crippen LogP contribution in [0.1, 0.15) is 48.0 Å². The van der Waals surface area contributed by atoms with Crippen LogP contribution in [0.4, 0.5) is 0 Å². The third kappa shape index (κ3) is 3.53. The van der Waals surface area contributed by atoms with Crippen molar-refractivity contribution in [1.82, 2.24) is 10.3 Å². The number of aromatic nitrogens is 1. The Balaban J connectivity index is 1.79. The zero-order valence-electron chi connectivity index (χ0n) is 13.2. The molecule has 1 aliphatic carbocycles. The molecule has 1 amide bonds. The van der Waals surface area contributed by atoms with E-state index in [0.29, 0.717) is 16.7 Å². The molecule has 0 bridgehead atoms. The molecule has 4 heteroatoms. The van der Waals surface area contributed by atoms with Crippen LogP contribution in [0.3, 0.4) is 0 Å². The molecular weight excluding hydrogens is 304 g/mol. The van der Waals surface area contributed by atoms with Crippen LogP contribution >= 0.6 is 12.2 Å². The van der Waals surface area contributed by atoms with E-state index in [-0.39, 0.29) is 11.3 Å². The first-order valence-electron chi connectivity index (χ1n) is 8.23. The van der Waals surface area contributed by atoms with Crippen molar-refractivity contribution < 1.29 is 4.79 Å². The number of carbonyl (C=O) groups excluding carboxylic acids is 1. The second-order valence-electron chi connectivity index (χ2n) is 6.30. The van der Waals surface area contributed by atoms with Gasteiger partial charge in [0.2, 0.25) is 0 Å². The van der Waals surface area contributed by atoms with Crippen LogP contribution in [0.2, 0.25) is 0 Å². The predicted molar refractivity (Wildman–Crippen MR) is 95.2 cm³/mol. The monoisotopic (exact) mass is 326 g/mol. The molecule has 3 rings (SSSR count). The molecule has 1 aromatic heterocycles. The van der Waals surface area contributed by atoms with Crippen LogP contribution in [0, 0.1) is 4.64 Å². The van der Waals surface area contributed by atoms with Crippen LogP contribution in [0.15, 0.2) is 48.7 Å². The first-order chi connectivity index (χ1) is 11.2. The van der Waals surface area contributed by atoms with Gasteiger partial charge in [0, 0.05) is 18.2 Å². The summed E-state index contributed by atoms with van der Waals surface area (Å²) in [6, 6.07) is 14.2. The van der Waals surface area contributed by atoms with Gasteiger partial charge in [0.15, 0.2) is 0 Å². The summed E-state index contributed by atoms with van der Waals surface area (Å²) in [7, 11) is 0. The van der Waals surface area contributed by atoms with E-state index in [1.54, 1.807) is 18.3 Å². The summed E-state index contributed by atoms with van der Waals surface area (Å²) in [6.07, 6.45) is 7.71. The Hall–Kier alpha value is -1.94. The summed E-state index contributed by atoms with van der Waals surface area (Å²) in [4.78, 5) is 15.4. The lowest BCUT2D eigenvalue weighted by Crippen LogP contribution is -2.42. The highest BCUT2D eigenvalue weighted by atomic mass is 32.1. The van der Waals surface area contributed by atoms with Gasteiger partial charge in [-0.1, -0.05) is 61.8 Å². The maximum absolute atomic E-state index is 12.5. The Morgan fingerprint density at radius 2 is 1.83 bits per heavy atom. The van der Waals surface area contributed by atoms with E-state index in [4.69, 9.17) is 12.2 Å². The van der Waals surface area contributed by atoms with Gasteiger partial charge in [-0.15, -0.1) is 0 Å². The molecule has 23 heavy (non-hydrogen) atoms. The first-order valence-corrected chi connectivity index (χ1v) is 8.64. The number of amides is 1. The average Bonchev–Trinajstić information content (AvgIpc) is 2.62. The normalized spacial score (nSPS) is 16.7. The van der Waals surface area contributed by atoms with E-state index < -0.39 is 0 Å². The molecule has 0 unspecified atom stereocenters. The average molecular weight is 326 g/mol. The molecule has 0 saturated heterocycles. The molecule has 1 aliphatic rings. The molecule has 0 aliphatic heterocycles. The standard InChI is InChI=1S/C19H22N2OS/c22-17(16-10-7-13-20-18(16)23)21-14-19(11-5-2-6-12-19)15-8-3-1-4-9-15/h1,3-4,7-10,13H,2,5-6,11-12,14H2,(H,20,23)(H,21,22). The van der Waals surface area contributed by atoms with E-state index >= 15 is 0 Å². The van der Waals surface area contributed by atoms with Crippen molar-refractivity contribution in [3.63, 3.8) is 0 Å². The van der Waals surface area contributed by atoms with Crippen molar-refractivity contribution in [2.75, 3.05) is 6.54 Å². The van der Waals surface area contributed by atoms with Crippen LogP contribution < -0.4 is 5.32 Å². The van der Waals surface area contributed by atoms with Gasteiger partial charge in [-0.05, 0) is 30.5 Å². The molecule has 1 saturated carbocycles. The smallest absolute Gasteiger partial charge is 0.254 e. The van der Waals surface area contributed by atoms with Gasteiger partial charge in [0.05, 0.1) is 5.56 Å². The van der Waals surface area contributed by atoms with Crippen molar-refractivity contribution in [2.24, 2.45) is 0 Å². The number of hydrogen-bond acceptors (Lipinski definition) is 2. The number of carbonyl (C=O) groups is 1. The number of nitrogens with one attached hydrogen (secondary N) is 2. The summed E-state index contributed by atoms with van der Waals surface area (Å²) < 4.78 is 0.488. The molecule has 2 N–H and O–H groups in total. The second kappa shape index (κ2) is 7.09. The molecule has 2 aromatic rings. The lowest BCUT2D eigenvalue weighted by atomic mass is 9.69. The van der Waals surface area contributed by atoms with Crippen molar-refractivity contribution in [1.29, 1.82) is 0 Å². The molecule has 1 aromatic carbocycles. The van der Waals surface area contributed by atoms with Crippen LogP contribution in [0.5, 0.6) is 0 Å². The van der Waals surface area contributed by atoms with E-state index in [2.05, 4.69) is 34.6 Å². The SMILES string of the molecule is O=C(NCC1(c2ccccc2)CCCCC1)c1ccc[nH]c1=S. The maximum Gasteiger partial charge on any atom is 0.254 e. The van der Waals surface area contributed by atoms with E-state index in [1.807, 2.05) is 6.07 Å². The maximum atomic E-state index is 12.5. The molecule has 3 nitrogen and oxygen atoms in total. The minimum atomic E-state index is -0.0901. The van der Waals surface area contributed by atoms with Crippen molar-refractivity contribution in [3.8, 4) is 0 Å². The van der Waals surface area contributed by atoms with E-state index in [0.717, 1.165) is 12.8 Å². The Bertz CT molecular complexity index is 717. The Labute approximate surface area is 142 Å². The van der Waals surface area contributed by atoms with Gasteiger partial charge >= 0.3 is 0 Å². The highest BCUT2D eigenvalue weighted by Gasteiger charge is 2.34. The highest BCUT2D eigenvalue weighted by Crippen LogP contribution is 2.38. The Morgan fingerprint density at radius 1 is 1.09 bits per heavy atom. The van der Waals surface area contributed by atoms with Gasteiger partial charge < -0.3 is 10.3 Å². The molecule has 0 radical (unpaired) electrons. The summed E-state index contributed by atoms with van der Waals surface area (Å²) in [5.74, 6) is -0.0901. The topological polar surface area (TPSA) is 44.9 Å². The van der Waals surface area contributed by atoms with Crippen molar-refractivity contribution >= 4 is 18.1 Å². The molecule has 120 valence electrons. The Kier molecular flexibility index (Phi) is 4.91. The zero-order valence-corrected chi connectivity index (χ0v) is 14.0. The van der Waals surface area contributed by atoms with Crippen LogP contribution in [0.25, 0.3) is 0 Å². The minimum absolute atomic E-state index is 0.0509. The molecule has 1 fully saturated rings. The number of rotatable bonds is 4. The lowest BCUT2D eigenvalue weighted by Gasteiger charge is -2.38. The van der Waals surface area contributed by atoms with Gasteiger partial charge in [0.25, 0.3) is 5.91 Å². The summed E-state index contributed by atoms with van der Waals surface area (Å²) >= 11 is 5.20. The number of pyridine rings is 1. The fraction of sp³-hybridized carbons (Fsp3) is 0.368. The van der Waals surface area contributed by atoms with Crippen molar-refractivity contribution in [3.05, 3.63) is 64.4 Å². The van der Waals surface area contributed by atoms with Gasteiger partial charge in [0.1, 0.15) is 4.64 Å². The highest BCUT2D eigenvalue weighted by molar-refractivity contribution is 7.71. The molecule has 0 spiro atoms. The van der Waals surface area contributed by atoms with Gasteiger partial charge in [-0.2, -0.15) is 0 Å². The van der Waals surface area contributed by atoms with Crippen LogP contribution in [-0.2, 0) is 5.41 Å². The third-order valence-electron chi connectivity index (χ3n) is 4.85. The largest absolute Gasteiger partial charge is 0.352 e. The van der Waals surface area contributed by atoms with Gasteiger partial charge in [-0.25, -0.2) is 0 Å². The summed E-state index contributed by atoms with van der Waals surface area (Å²) in [5, 5.41) is 3.12. The number of benzene rings is 1. The van der Waals surface area contributed by atoms with E-state index in [9.17, 15) is 4.79 Å².